The number of H-pyrrole nitrogens is 1. The van der Waals surface area contributed by atoms with Crippen molar-refractivity contribution in [3.63, 3.8) is 0 Å². The molecule has 3 heterocycles. The van der Waals surface area contributed by atoms with Gasteiger partial charge in [0.2, 0.25) is 5.82 Å². The van der Waals surface area contributed by atoms with E-state index >= 15 is 0 Å². The normalized spacial score (nSPS) is 12.3. The Kier molecular flexibility index (Phi) is 6.53. The molecule has 0 amide bonds. The topological polar surface area (TPSA) is 126 Å². The van der Waals surface area contributed by atoms with Crippen LogP contribution < -0.4 is 11.2 Å². The molecule has 1 N–H and O–H groups in total. The summed E-state index contributed by atoms with van der Waals surface area (Å²) in [5.74, 6) is 1.19. The molecular weight excluding hydrogens is 472 g/mol. The van der Waals surface area contributed by atoms with Gasteiger partial charge in [-0.1, -0.05) is 55.5 Å². The van der Waals surface area contributed by atoms with Gasteiger partial charge in [-0.25, -0.2) is 14.3 Å². The van der Waals surface area contributed by atoms with E-state index in [1.54, 1.807) is 11.5 Å². The Morgan fingerprint density at radius 2 is 1.76 bits per heavy atom. The molecule has 1 atom stereocenters. The van der Waals surface area contributed by atoms with Crippen molar-refractivity contribution in [3.8, 4) is 22.5 Å². The molecule has 37 heavy (non-hydrogen) atoms. The van der Waals surface area contributed by atoms with Crippen LogP contribution in [0.1, 0.15) is 37.9 Å². The predicted molar refractivity (Wildman–Crippen MR) is 139 cm³/mol. The van der Waals surface area contributed by atoms with E-state index in [9.17, 15) is 9.59 Å². The molecule has 0 aliphatic rings. The van der Waals surface area contributed by atoms with Crippen LogP contribution in [0.15, 0.2) is 58.1 Å². The summed E-state index contributed by atoms with van der Waals surface area (Å²) in [6.45, 7) is 6.40. The molecule has 3 aromatic heterocycles. The van der Waals surface area contributed by atoms with Gasteiger partial charge in [-0.05, 0) is 42.2 Å². The third-order valence-electron chi connectivity index (χ3n) is 6.52. The molecule has 0 spiro atoms. The van der Waals surface area contributed by atoms with Gasteiger partial charge in [-0.3, -0.25) is 9.36 Å². The van der Waals surface area contributed by atoms with Crippen molar-refractivity contribution in [1.82, 2.24) is 39.3 Å². The second kappa shape index (κ2) is 9.94. The lowest BCUT2D eigenvalue weighted by Gasteiger charge is -2.16. The third-order valence-corrected chi connectivity index (χ3v) is 6.52. The summed E-state index contributed by atoms with van der Waals surface area (Å²) in [6, 6.07) is 16.0. The maximum atomic E-state index is 13.5. The minimum atomic E-state index is -0.699. The molecule has 0 saturated carbocycles. The van der Waals surface area contributed by atoms with Crippen LogP contribution in [-0.2, 0) is 17.8 Å². The first-order valence-electron chi connectivity index (χ1n) is 12.1. The number of nitrogens with zero attached hydrogens (tertiary/aromatic N) is 7. The van der Waals surface area contributed by atoms with E-state index in [4.69, 9.17) is 4.74 Å². The minimum absolute atomic E-state index is 0.390. The fourth-order valence-electron chi connectivity index (χ4n) is 4.59. The molecule has 0 fully saturated rings. The van der Waals surface area contributed by atoms with Gasteiger partial charge in [0.15, 0.2) is 11.2 Å². The summed E-state index contributed by atoms with van der Waals surface area (Å²) < 4.78 is 9.93. The number of aromatic nitrogens is 8. The van der Waals surface area contributed by atoms with Gasteiger partial charge in [0, 0.05) is 25.8 Å². The number of fused-ring (bicyclic) bond motifs is 1. The first kappa shape index (κ1) is 24.3. The highest BCUT2D eigenvalue weighted by Crippen LogP contribution is 2.30. The number of ether oxygens (including phenoxy) is 1. The lowest BCUT2D eigenvalue weighted by atomic mass is 9.98. The quantitative estimate of drug-likeness (QED) is 0.347. The number of hydrogen-bond acceptors (Lipinski definition) is 7. The van der Waals surface area contributed by atoms with Crippen LogP contribution in [0.25, 0.3) is 33.7 Å². The van der Waals surface area contributed by atoms with Crippen molar-refractivity contribution >= 4 is 11.2 Å². The Labute approximate surface area is 212 Å². The van der Waals surface area contributed by atoms with Crippen LogP contribution in [0.2, 0.25) is 0 Å². The van der Waals surface area contributed by atoms with Crippen molar-refractivity contribution in [2.45, 2.75) is 46.5 Å². The average Bonchev–Trinajstić information content (AvgIpc) is 3.56. The van der Waals surface area contributed by atoms with Crippen molar-refractivity contribution in [2.24, 2.45) is 0 Å². The number of rotatable bonds is 8. The van der Waals surface area contributed by atoms with Gasteiger partial charge >= 0.3 is 5.69 Å². The lowest BCUT2D eigenvalue weighted by molar-refractivity contribution is 0.0530. The summed E-state index contributed by atoms with van der Waals surface area (Å²) in [6.07, 6.45) is 0.0301. The summed E-state index contributed by atoms with van der Waals surface area (Å²) in [5, 5.41) is 14.4. The maximum Gasteiger partial charge on any atom is 0.334 e. The molecule has 2 aromatic carbocycles. The Morgan fingerprint density at radius 3 is 2.41 bits per heavy atom. The highest BCUT2D eigenvalue weighted by atomic mass is 16.5. The van der Waals surface area contributed by atoms with Crippen LogP contribution in [0.5, 0.6) is 0 Å². The predicted octanol–water partition coefficient (Wildman–Crippen LogP) is 3.14. The van der Waals surface area contributed by atoms with Crippen LogP contribution in [0, 0.1) is 6.92 Å². The zero-order valence-electron chi connectivity index (χ0n) is 21.2. The molecule has 0 aliphatic heterocycles. The Morgan fingerprint density at radius 1 is 1.03 bits per heavy atom. The third kappa shape index (κ3) is 4.27. The average molecular weight is 501 g/mol. The second-order valence-corrected chi connectivity index (χ2v) is 8.84. The van der Waals surface area contributed by atoms with E-state index in [2.05, 4.69) is 25.6 Å². The molecule has 11 nitrogen and oxygen atoms in total. The van der Waals surface area contributed by atoms with Gasteiger partial charge in [-0.2, -0.15) is 5.21 Å². The van der Waals surface area contributed by atoms with E-state index in [1.807, 2.05) is 66.9 Å². The summed E-state index contributed by atoms with van der Waals surface area (Å²) in [7, 11) is 1.48. The van der Waals surface area contributed by atoms with Crippen molar-refractivity contribution < 1.29 is 4.74 Å². The molecule has 11 heteroatoms. The molecule has 190 valence electrons. The van der Waals surface area contributed by atoms with E-state index in [0.29, 0.717) is 35.9 Å². The second-order valence-electron chi connectivity index (χ2n) is 8.84. The molecule has 5 rings (SSSR count). The van der Waals surface area contributed by atoms with Crippen LogP contribution in [0.4, 0.5) is 0 Å². The molecule has 0 aliphatic carbocycles. The monoisotopic (exact) mass is 500 g/mol. The van der Waals surface area contributed by atoms with Crippen molar-refractivity contribution in [3.05, 3.63) is 80.8 Å². The smallest absolute Gasteiger partial charge is 0.334 e. The van der Waals surface area contributed by atoms with Gasteiger partial charge in [0.25, 0.3) is 5.56 Å². The minimum Gasteiger partial charge on any atom is -0.361 e. The molecule has 0 saturated heterocycles. The number of methoxy groups -OCH3 is 1. The Bertz CT molecular complexity index is 1660. The SMILES string of the molecule is CCCn1c(=O)n(C(C)OC)c(=O)c2c1nc(C)n2Cc1ccc(-c2ccccc2-c2nn[nH]n2)cc1. The Hall–Kier alpha value is -4.38. The zero-order chi connectivity index (χ0) is 26.1. The fraction of sp³-hybridized carbons (Fsp3) is 0.308. The number of aromatic amines is 1. The number of tetrazole rings is 1. The first-order chi connectivity index (χ1) is 17.9. The molecular formula is C26H28N8O3. The van der Waals surface area contributed by atoms with Gasteiger partial charge in [-0.15, -0.1) is 10.2 Å². The van der Waals surface area contributed by atoms with Gasteiger partial charge in [0.05, 0.1) is 0 Å². The first-order valence-corrected chi connectivity index (χ1v) is 12.1. The number of hydrogen-bond donors (Lipinski definition) is 1. The molecule has 1 unspecified atom stereocenters. The van der Waals surface area contributed by atoms with E-state index < -0.39 is 17.5 Å². The highest BCUT2D eigenvalue weighted by Gasteiger charge is 2.22. The van der Waals surface area contributed by atoms with Crippen molar-refractivity contribution in [1.29, 1.82) is 0 Å². The molecule has 0 radical (unpaired) electrons. The van der Waals surface area contributed by atoms with E-state index in [1.165, 1.54) is 7.11 Å². The largest absolute Gasteiger partial charge is 0.361 e. The number of imidazole rings is 1. The van der Waals surface area contributed by atoms with Crippen LogP contribution >= 0.6 is 0 Å². The van der Waals surface area contributed by atoms with Gasteiger partial charge < -0.3 is 9.30 Å². The highest BCUT2D eigenvalue weighted by molar-refractivity contribution is 5.80. The summed E-state index contributed by atoms with van der Waals surface area (Å²) in [4.78, 5) is 31.3. The summed E-state index contributed by atoms with van der Waals surface area (Å²) >= 11 is 0. The fourth-order valence-corrected chi connectivity index (χ4v) is 4.59. The number of benzene rings is 2. The lowest BCUT2D eigenvalue weighted by Crippen LogP contribution is -2.42. The number of aryl methyl sites for hydroxylation is 2. The molecule has 5 aromatic rings. The number of nitrogens with one attached hydrogen (secondary N) is 1. The standard InChI is InChI=1S/C26H28N8O3/c1-5-14-32-24-22(25(35)34(26(32)36)17(3)37-4)33(16(2)27-24)15-18-10-12-19(13-11-18)20-8-6-7-9-21(20)23-28-30-31-29-23/h6-13,17H,5,14-15H2,1-4H3,(H,28,29,30,31). The van der Waals surface area contributed by atoms with Gasteiger partial charge in [0.1, 0.15) is 12.1 Å². The zero-order valence-corrected chi connectivity index (χ0v) is 21.2. The van der Waals surface area contributed by atoms with Crippen LogP contribution in [-0.4, -0.2) is 46.4 Å². The van der Waals surface area contributed by atoms with Crippen LogP contribution in [0.3, 0.4) is 0 Å². The summed E-state index contributed by atoms with van der Waals surface area (Å²) in [5.41, 5.74) is 3.82. The maximum absolute atomic E-state index is 13.5. The van der Waals surface area contributed by atoms with Crippen molar-refractivity contribution in [2.75, 3.05) is 7.11 Å². The Balaban J connectivity index is 1.57. The van der Waals surface area contributed by atoms with E-state index in [0.717, 1.165) is 33.2 Å². The van der Waals surface area contributed by atoms with E-state index in [-0.39, 0.29) is 0 Å². The molecule has 0 bridgehead atoms.